The third-order valence-electron chi connectivity index (χ3n) is 1.67. The minimum absolute atomic E-state index is 0.601. The van der Waals surface area contributed by atoms with Gasteiger partial charge in [-0.25, -0.2) is 4.99 Å². The molecule has 0 aliphatic rings. The van der Waals surface area contributed by atoms with E-state index in [1.165, 1.54) is 5.56 Å². The number of benzene rings is 1. The van der Waals surface area contributed by atoms with Crippen LogP contribution in [-0.2, 0) is 6.54 Å². The molecule has 1 aromatic rings. The van der Waals surface area contributed by atoms with E-state index in [1.807, 2.05) is 25.1 Å². The van der Waals surface area contributed by atoms with Crippen molar-refractivity contribution in [3.8, 4) is 0 Å². The number of aliphatic imine (C=N–C) groups is 1. The average Bonchev–Trinajstić information content (AvgIpc) is 2.08. The summed E-state index contributed by atoms with van der Waals surface area (Å²) >= 11 is 4.49. The number of aryl methyl sites for hydroxylation is 1. The van der Waals surface area contributed by atoms with Crippen LogP contribution < -0.4 is 5.19 Å². The van der Waals surface area contributed by atoms with Crippen LogP contribution in [0.3, 0.4) is 0 Å². The zero-order chi connectivity index (χ0) is 8.97. The van der Waals surface area contributed by atoms with Gasteiger partial charge in [0.15, 0.2) is 0 Å². The summed E-state index contributed by atoms with van der Waals surface area (Å²) in [6.45, 7) is 2.65. The quantitative estimate of drug-likeness (QED) is 0.390. The number of hydrogen-bond acceptors (Lipinski definition) is 2. The Balaban J connectivity index is 2.99. The van der Waals surface area contributed by atoms with Crippen molar-refractivity contribution < 1.29 is 0 Å². The number of thiocarbonyl (C=S) groups is 1. The summed E-state index contributed by atoms with van der Waals surface area (Å²) in [7, 11) is 3.54. The fraction of sp³-hybridized carbons (Fsp3) is 0.222. The highest BCUT2D eigenvalue weighted by atomic mass is 32.1. The first-order valence-electron chi connectivity index (χ1n) is 3.59. The van der Waals surface area contributed by atoms with Gasteiger partial charge in [-0.05, 0) is 24.7 Å². The Bertz CT molecular complexity index is 329. The zero-order valence-corrected chi connectivity index (χ0v) is 8.61. The molecule has 0 fully saturated rings. The average molecular weight is 190 g/mol. The van der Waals surface area contributed by atoms with Gasteiger partial charge in [0.1, 0.15) is 0 Å². The molecule has 1 rings (SSSR count). The lowest BCUT2D eigenvalue weighted by Gasteiger charge is -2.04. The first kappa shape index (κ1) is 9.33. The Morgan fingerprint density at radius 1 is 1.58 bits per heavy atom. The van der Waals surface area contributed by atoms with Crippen LogP contribution in [-0.4, -0.2) is 15.4 Å². The Kier molecular flexibility index (Phi) is 3.35. The third kappa shape index (κ3) is 2.11. The molecule has 0 N–H and O–H groups in total. The van der Waals surface area contributed by atoms with Crippen molar-refractivity contribution in [1.82, 2.24) is 0 Å². The van der Waals surface area contributed by atoms with Crippen molar-refractivity contribution in [2.24, 2.45) is 4.99 Å². The largest absolute Gasteiger partial charge is 0.228 e. The highest BCUT2D eigenvalue weighted by Gasteiger charge is 1.97. The highest BCUT2D eigenvalue weighted by molar-refractivity contribution is 7.78. The molecule has 1 nitrogen and oxygen atoms in total. The summed E-state index contributed by atoms with van der Waals surface area (Å²) in [6, 6.07) is 6.08. The Hall–Kier alpha value is -0.763. The van der Waals surface area contributed by atoms with E-state index in [0.717, 1.165) is 10.8 Å². The van der Waals surface area contributed by atoms with Gasteiger partial charge in [0, 0.05) is 0 Å². The van der Waals surface area contributed by atoms with Crippen LogP contribution in [0.2, 0.25) is 0 Å². The van der Waals surface area contributed by atoms with Gasteiger partial charge in [0.05, 0.1) is 21.9 Å². The van der Waals surface area contributed by atoms with Gasteiger partial charge in [-0.2, -0.15) is 0 Å². The van der Waals surface area contributed by atoms with E-state index in [9.17, 15) is 0 Å². The number of hydrogen-bond donors (Lipinski definition) is 0. The van der Waals surface area contributed by atoms with Crippen LogP contribution in [0, 0.1) is 6.92 Å². The first-order chi connectivity index (χ1) is 5.75. The molecular formula is C9H8NSSi. The maximum atomic E-state index is 4.49. The van der Waals surface area contributed by atoms with E-state index in [1.54, 1.807) is 0 Å². The third-order valence-corrected chi connectivity index (χ3v) is 2.52. The lowest BCUT2D eigenvalue weighted by Crippen LogP contribution is -2.13. The fourth-order valence-corrected chi connectivity index (χ4v) is 1.29. The van der Waals surface area contributed by atoms with E-state index >= 15 is 0 Å². The standard InChI is InChI=1S/C9H8NSSi/c1-7-3-2-4-8(9(7)12)5-10-6-11/h2-4H,5H2,1H3. The summed E-state index contributed by atoms with van der Waals surface area (Å²) < 4.78 is 0. The molecular weight excluding hydrogens is 182 g/mol. The second-order valence-electron chi connectivity index (χ2n) is 2.52. The molecule has 12 heavy (non-hydrogen) atoms. The molecule has 1 aromatic carbocycles. The topological polar surface area (TPSA) is 12.4 Å². The summed E-state index contributed by atoms with van der Waals surface area (Å²) in [5.74, 6) is 0. The SMILES string of the molecule is Cc1cccc(CN=C=S)c1[Si]. The van der Waals surface area contributed by atoms with Crippen LogP contribution in [0.4, 0.5) is 0 Å². The van der Waals surface area contributed by atoms with Crippen molar-refractivity contribution in [3.05, 3.63) is 29.3 Å². The molecule has 0 saturated heterocycles. The van der Waals surface area contributed by atoms with E-state index < -0.39 is 0 Å². The van der Waals surface area contributed by atoms with Gasteiger partial charge < -0.3 is 0 Å². The van der Waals surface area contributed by atoms with Crippen molar-refractivity contribution in [2.75, 3.05) is 0 Å². The van der Waals surface area contributed by atoms with Crippen LogP contribution in [0.5, 0.6) is 0 Å². The minimum Gasteiger partial charge on any atom is -0.228 e. The lowest BCUT2D eigenvalue weighted by atomic mass is 10.1. The van der Waals surface area contributed by atoms with Crippen LogP contribution in [0.1, 0.15) is 11.1 Å². The van der Waals surface area contributed by atoms with Gasteiger partial charge in [0.25, 0.3) is 0 Å². The zero-order valence-electron chi connectivity index (χ0n) is 6.79. The molecule has 0 atom stereocenters. The Labute approximate surface area is 81.0 Å². The maximum Gasteiger partial charge on any atom is 0.0742 e. The van der Waals surface area contributed by atoms with Gasteiger partial charge in [0.2, 0.25) is 0 Å². The summed E-state index contributed by atoms with van der Waals surface area (Å²) in [4.78, 5) is 3.88. The predicted octanol–water partition coefficient (Wildman–Crippen LogP) is 1.39. The Morgan fingerprint density at radius 3 is 3.00 bits per heavy atom. The summed E-state index contributed by atoms with van der Waals surface area (Å²) in [6.07, 6.45) is 0. The van der Waals surface area contributed by atoms with Crippen molar-refractivity contribution >= 4 is 32.8 Å². The molecule has 0 heterocycles. The van der Waals surface area contributed by atoms with E-state index in [-0.39, 0.29) is 0 Å². The maximum absolute atomic E-state index is 4.49. The molecule has 0 unspecified atom stereocenters. The van der Waals surface area contributed by atoms with Crippen LogP contribution in [0.15, 0.2) is 23.2 Å². The van der Waals surface area contributed by atoms with E-state index in [2.05, 4.69) is 32.6 Å². The fourth-order valence-electron chi connectivity index (χ4n) is 0.978. The van der Waals surface area contributed by atoms with Crippen molar-refractivity contribution in [3.63, 3.8) is 0 Å². The predicted molar refractivity (Wildman–Crippen MR) is 55.3 cm³/mol. The van der Waals surface area contributed by atoms with E-state index in [0.29, 0.717) is 6.54 Å². The van der Waals surface area contributed by atoms with Crippen molar-refractivity contribution in [2.45, 2.75) is 13.5 Å². The molecule has 0 spiro atoms. The van der Waals surface area contributed by atoms with Crippen molar-refractivity contribution in [1.29, 1.82) is 0 Å². The van der Waals surface area contributed by atoms with Gasteiger partial charge in [-0.1, -0.05) is 28.9 Å². The molecule has 0 amide bonds. The van der Waals surface area contributed by atoms with Crippen LogP contribution in [0.25, 0.3) is 0 Å². The number of isothiocyanates is 1. The summed E-state index contributed by atoms with van der Waals surface area (Å²) in [5, 5.41) is 3.45. The normalized spacial score (nSPS) is 9.17. The first-order valence-corrected chi connectivity index (χ1v) is 4.50. The minimum atomic E-state index is 0.601. The molecule has 0 saturated carbocycles. The molecule has 3 radical (unpaired) electrons. The number of rotatable bonds is 2. The highest BCUT2D eigenvalue weighted by Crippen LogP contribution is 2.00. The van der Waals surface area contributed by atoms with E-state index in [4.69, 9.17) is 0 Å². The Morgan fingerprint density at radius 2 is 2.33 bits per heavy atom. The molecule has 0 aliphatic carbocycles. The number of nitrogens with zero attached hydrogens (tertiary/aromatic N) is 1. The van der Waals surface area contributed by atoms with Crippen LogP contribution >= 0.6 is 12.2 Å². The molecule has 0 aromatic heterocycles. The molecule has 0 aliphatic heterocycles. The lowest BCUT2D eigenvalue weighted by molar-refractivity contribution is 1.09. The second-order valence-corrected chi connectivity index (χ2v) is 3.20. The molecule has 0 bridgehead atoms. The second kappa shape index (κ2) is 4.31. The van der Waals surface area contributed by atoms with Gasteiger partial charge in [-0.3, -0.25) is 0 Å². The molecule has 59 valence electrons. The smallest absolute Gasteiger partial charge is 0.0742 e. The molecule has 3 heteroatoms. The summed E-state index contributed by atoms with van der Waals surface area (Å²) in [5.41, 5.74) is 2.35. The monoisotopic (exact) mass is 190 g/mol. The van der Waals surface area contributed by atoms with Gasteiger partial charge in [-0.15, -0.1) is 0 Å². The van der Waals surface area contributed by atoms with Gasteiger partial charge >= 0.3 is 0 Å².